The molecule has 0 saturated heterocycles. The van der Waals surface area contributed by atoms with Crippen LogP contribution >= 0.6 is 0 Å². The molecule has 0 unspecified atom stereocenters. The monoisotopic (exact) mass is 269 g/mol. The van der Waals surface area contributed by atoms with E-state index in [1.54, 1.807) is 0 Å². The molecule has 2 aromatic rings. The highest BCUT2D eigenvalue weighted by Gasteiger charge is 2.06. The lowest BCUT2D eigenvalue weighted by Gasteiger charge is -2.22. The number of nitrogens with one attached hydrogen (secondary N) is 1. The standard InChI is InChI=1S/C17H23N3/c1-5-18-17-11-15(8-9-19-17)12-20(4)16-7-6-13(2)10-14(16)3/h6-11H,5,12H2,1-4H3,(H,18,19). The molecular formula is C17H23N3. The maximum absolute atomic E-state index is 4.31. The van der Waals surface area contributed by atoms with Gasteiger partial charge in [0.1, 0.15) is 5.82 Å². The lowest BCUT2D eigenvalue weighted by atomic mass is 10.1. The maximum Gasteiger partial charge on any atom is 0.126 e. The predicted molar refractivity (Wildman–Crippen MR) is 86.4 cm³/mol. The van der Waals surface area contributed by atoms with Crippen LogP contribution in [0.15, 0.2) is 36.5 Å². The van der Waals surface area contributed by atoms with E-state index in [2.05, 4.69) is 73.4 Å². The highest BCUT2D eigenvalue weighted by Crippen LogP contribution is 2.22. The molecule has 1 heterocycles. The Balaban J connectivity index is 2.14. The summed E-state index contributed by atoms with van der Waals surface area (Å²) in [7, 11) is 2.13. The Morgan fingerprint density at radius 3 is 2.65 bits per heavy atom. The number of hydrogen-bond acceptors (Lipinski definition) is 3. The first-order valence-corrected chi connectivity index (χ1v) is 7.07. The molecule has 0 bridgehead atoms. The van der Waals surface area contributed by atoms with Crippen LogP contribution in [0, 0.1) is 13.8 Å². The quantitative estimate of drug-likeness (QED) is 0.895. The number of nitrogens with zero attached hydrogens (tertiary/aromatic N) is 2. The number of anilines is 2. The lowest BCUT2D eigenvalue weighted by molar-refractivity contribution is 0.913. The summed E-state index contributed by atoms with van der Waals surface area (Å²) in [6.07, 6.45) is 1.86. The SMILES string of the molecule is CCNc1cc(CN(C)c2ccc(C)cc2C)ccn1. The van der Waals surface area contributed by atoms with Gasteiger partial charge in [-0.1, -0.05) is 17.7 Å². The van der Waals surface area contributed by atoms with Crippen molar-refractivity contribution in [3.05, 3.63) is 53.2 Å². The molecule has 1 aromatic heterocycles. The van der Waals surface area contributed by atoms with Crippen molar-refractivity contribution in [3.8, 4) is 0 Å². The minimum atomic E-state index is 0.880. The van der Waals surface area contributed by atoms with Crippen molar-refractivity contribution in [1.29, 1.82) is 0 Å². The third-order valence-corrected chi connectivity index (χ3v) is 3.37. The van der Waals surface area contributed by atoms with Crippen molar-refractivity contribution in [3.63, 3.8) is 0 Å². The fourth-order valence-corrected chi connectivity index (χ4v) is 2.44. The van der Waals surface area contributed by atoms with Gasteiger partial charge < -0.3 is 10.2 Å². The predicted octanol–water partition coefficient (Wildman–Crippen LogP) is 3.77. The highest BCUT2D eigenvalue weighted by atomic mass is 15.1. The number of pyridine rings is 1. The molecule has 2 rings (SSSR count). The Kier molecular flexibility index (Phi) is 4.61. The third-order valence-electron chi connectivity index (χ3n) is 3.37. The summed E-state index contributed by atoms with van der Waals surface area (Å²) in [5, 5.41) is 3.25. The van der Waals surface area contributed by atoms with Crippen LogP contribution in [-0.4, -0.2) is 18.6 Å². The first-order chi connectivity index (χ1) is 9.60. The number of aryl methyl sites for hydroxylation is 2. The Morgan fingerprint density at radius 2 is 1.95 bits per heavy atom. The first-order valence-electron chi connectivity index (χ1n) is 7.07. The van der Waals surface area contributed by atoms with Gasteiger partial charge in [0, 0.05) is 32.0 Å². The normalized spacial score (nSPS) is 10.4. The molecule has 3 nitrogen and oxygen atoms in total. The zero-order valence-electron chi connectivity index (χ0n) is 12.8. The molecule has 3 heteroatoms. The van der Waals surface area contributed by atoms with Gasteiger partial charge in [-0.15, -0.1) is 0 Å². The smallest absolute Gasteiger partial charge is 0.126 e. The van der Waals surface area contributed by atoms with Crippen LogP contribution in [0.2, 0.25) is 0 Å². The summed E-state index contributed by atoms with van der Waals surface area (Å²) in [4.78, 5) is 6.59. The van der Waals surface area contributed by atoms with Gasteiger partial charge in [0.25, 0.3) is 0 Å². The third kappa shape index (κ3) is 3.50. The Bertz CT molecular complexity index is 578. The summed E-state index contributed by atoms with van der Waals surface area (Å²) in [6.45, 7) is 8.14. The second-order valence-corrected chi connectivity index (χ2v) is 5.23. The molecule has 0 amide bonds. The molecule has 0 aliphatic heterocycles. The van der Waals surface area contributed by atoms with Crippen LogP contribution in [0.5, 0.6) is 0 Å². The molecule has 0 aliphatic rings. The van der Waals surface area contributed by atoms with Gasteiger partial charge in [0.15, 0.2) is 0 Å². The van der Waals surface area contributed by atoms with E-state index in [1.165, 1.54) is 22.4 Å². The van der Waals surface area contributed by atoms with Crippen molar-refractivity contribution in [2.24, 2.45) is 0 Å². The van der Waals surface area contributed by atoms with E-state index in [1.807, 2.05) is 6.20 Å². The van der Waals surface area contributed by atoms with Gasteiger partial charge in [-0.25, -0.2) is 4.98 Å². The number of aromatic nitrogens is 1. The second-order valence-electron chi connectivity index (χ2n) is 5.23. The van der Waals surface area contributed by atoms with E-state index >= 15 is 0 Å². The molecule has 1 aromatic carbocycles. The van der Waals surface area contributed by atoms with Gasteiger partial charge in [-0.2, -0.15) is 0 Å². The van der Waals surface area contributed by atoms with E-state index < -0.39 is 0 Å². The van der Waals surface area contributed by atoms with Crippen molar-refractivity contribution in [2.45, 2.75) is 27.3 Å². The molecule has 0 radical (unpaired) electrons. The summed E-state index contributed by atoms with van der Waals surface area (Å²) < 4.78 is 0. The zero-order chi connectivity index (χ0) is 14.5. The van der Waals surface area contributed by atoms with Crippen molar-refractivity contribution < 1.29 is 0 Å². The molecule has 0 saturated carbocycles. The van der Waals surface area contributed by atoms with Crippen LogP contribution in [0.1, 0.15) is 23.6 Å². The molecule has 0 aliphatic carbocycles. The molecule has 0 fully saturated rings. The van der Waals surface area contributed by atoms with Crippen LogP contribution in [0.3, 0.4) is 0 Å². The van der Waals surface area contributed by atoms with Gasteiger partial charge >= 0.3 is 0 Å². The van der Waals surface area contributed by atoms with Crippen LogP contribution in [0.4, 0.5) is 11.5 Å². The topological polar surface area (TPSA) is 28.2 Å². The number of rotatable bonds is 5. The average molecular weight is 269 g/mol. The molecule has 0 spiro atoms. The summed E-state index contributed by atoms with van der Waals surface area (Å²) in [5.41, 5.74) is 5.15. The minimum Gasteiger partial charge on any atom is -0.370 e. The second kappa shape index (κ2) is 6.42. The number of benzene rings is 1. The summed E-state index contributed by atoms with van der Waals surface area (Å²) in [6, 6.07) is 10.8. The maximum atomic E-state index is 4.31. The average Bonchev–Trinajstić information content (AvgIpc) is 2.39. The van der Waals surface area contributed by atoms with Gasteiger partial charge in [0.05, 0.1) is 0 Å². The first kappa shape index (κ1) is 14.4. The van der Waals surface area contributed by atoms with Crippen LogP contribution in [-0.2, 0) is 6.54 Å². The van der Waals surface area contributed by atoms with Crippen LogP contribution < -0.4 is 10.2 Å². The zero-order valence-corrected chi connectivity index (χ0v) is 12.8. The molecule has 20 heavy (non-hydrogen) atoms. The number of hydrogen-bond donors (Lipinski definition) is 1. The van der Waals surface area contributed by atoms with Crippen molar-refractivity contribution in [1.82, 2.24) is 4.98 Å². The summed E-state index contributed by atoms with van der Waals surface area (Å²) >= 11 is 0. The highest BCUT2D eigenvalue weighted by molar-refractivity contribution is 5.54. The fraction of sp³-hybridized carbons (Fsp3) is 0.353. The van der Waals surface area contributed by atoms with E-state index in [9.17, 15) is 0 Å². The van der Waals surface area contributed by atoms with Crippen LogP contribution in [0.25, 0.3) is 0 Å². The summed E-state index contributed by atoms with van der Waals surface area (Å²) in [5.74, 6) is 0.944. The van der Waals surface area contributed by atoms with Crippen molar-refractivity contribution in [2.75, 3.05) is 23.8 Å². The Labute approximate surface area is 121 Å². The van der Waals surface area contributed by atoms with E-state index in [0.29, 0.717) is 0 Å². The van der Waals surface area contributed by atoms with Gasteiger partial charge in [-0.3, -0.25) is 0 Å². The molecule has 1 N–H and O–H groups in total. The largest absolute Gasteiger partial charge is 0.370 e. The van der Waals surface area contributed by atoms with Crippen molar-refractivity contribution >= 4 is 11.5 Å². The lowest BCUT2D eigenvalue weighted by Crippen LogP contribution is -2.17. The molecular weight excluding hydrogens is 246 g/mol. The Morgan fingerprint density at radius 1 is 1.15 bits per heavy atom. The van der Waals surface area contributed by atoms with Gasteiger partial charge in [-0.05, 0) is 50.1 Å². The fourth-order valence-electron chi connectivity index (χ4n) is 2.44. The van der Waals surface area contributed by atoms with E-state index in [-0.39, 0.29) is 0 Å². The van der Waals surface area contributed by atoms with E-state index in [0.717, 1.165) is 18.9 Å². The van der Waals surface area contributed by atoms with E-state index in [4.69, 9.17) is 0 Å². The molecule has 106 valence electrons. The van der Waals surface area contributed by atoms with Gasteiger partial charge in [0.2, 0.25) is 0 Å². The molecule has 0 atom stereocenters. The minimum absolute atomic E-state index is 0.880. The Hall–Kier alpha value is -2.03.